The van der Waals surface area contributed by atoms with Gasteiger partial charge in [0.15, 0.2) is 5.76 Å². The van der Waals surface area contributed by atoms with Crippen molar-refractivity contribution in [1.29, 1.82) is 0 Å². The lowest BCUT2D eigenvalue weighted by atomic mass is 10.2. The van der Waals surface area contributed by atoms with Gasteiger partial charge in [0.25, 0.3) is 5.91 Å². The van der Waals surface area contributed by atoms with Gasteiger partial charge >= 0.3 is 0 Å². The van der Waals surface area contributed by atoms with Crippen LogP contribution < -0.4 is 0 Å². The first-order valence-electron chi connectivity index (χ1n) is 9.26. The van der Waals surface area contributed by atoms with Crippen molar-refractivity contribution in [1.82, 2.24) is 24.7 Å². The molecule has 0 spiro atoms. The molecular formula is C20H22FN5O2. The van der Waals surface area contributed by atoms with E-state index in [4.69, 9.17) is 4.52 Å². The van der Waals surface area contributed by atoms with Crippen LogP contribution in [0.5, 0.6) is 0 Å². The van der Waals surface area contributed by atoms with Crippen molar-refractivity contribution in [3.05, 3.63) is 65.1 Å². The third-order valence-electron chi connectivity index (χ3n) is 5.04. The summed E-state index contributed by atoms with van der Waals surface area (Å²) in [6.07, 6.45) is 1.52. The number of para-hydroxylation sites is 1. The lowest BCUT2D eigenvalue weighted by Gasteiger charge is -2.34. The summed E-state index contributed by atoms with van der Waals surface area (Å²) in [5.74, 6) is 0.388. The summed E-state index contributed by atoms with van der Waals surface area (Å²) < 4.78 is 20.8. The summed E-state index contributed by atoms with van der Waals surface area (Å²) in [7, 11) is 0. The Morgan fingerprint density at radius 3 is 2.61 bits per heavy atom. The predicted molar refractivity (Wildman–Crippen MR) is 101 cm³/mol. The second kappa shape index (κ2) is 7.55. The molecular weight excluding hydrogens is 361 g/mol. The lowest BCUT2D eigenvalue weighted by molar-refractivity contribution is 0.0616. The average molecular weight is 383 g/mol. The monoisotopic (exact) mass is 383 g/mol. The van der Waals surface area contributed by atoms with Crippen LogP contribution >= 0.6 is 0 Å². The number of hydrogen-bond donors (Lipinski definition) is 0. The Hall–Kier alpha value is -3.00. The number of halogens is 1. The van der Waals surface area contributed by atoms with Crippen LogP contribution in [-0.4, -0.2) is 56.8 Å². The Balaban J connectivity index is 1.43. The molecule has 0 unspecified atom stereocenters. The maximum Gasteiger partial charge on any atom is 0.257 e. The highest BCUT2D eigenvalue weighted by Crippen LogP contribution is 2.19. The van der Waals surface area contributed by atoms with E-state index in [9.17, 15) is 9.18 Å². The second-order valence-corrected chi connectivity index (χ2v) is 7.01. The van der Waals surface area contributed by atoms with Crippen LogP contribution in [0.1, 0.15) is 27.5 Å². The molecule has 8 heteroatoms. The van der Waals surface area contributed by atoms with Gasteiger partial charge in [0.05, 0.1) is 29.7 Å². The number of carbonyl (C=O) groups excluding carboxylic acids is 1. The number of aromatic nitrogens is 3. The standard InChI is InChI=1S/C20H22FN5O2/c1-14-11-16(28-23-14)13-24-7-9-25(10-8-24)20(27)17-12-22-26(15(17)2)19-6-4-3-5-18(19)21/h3-6,11-12H,7-10,13H2,1-2H3. The van der Waals surface area contributed by atoms with Crippen LogP contribution in [0.15, 0.2) is 41.1 Å². The molecule has 4 rings (SSSR count). The van der Waals surface area contributed by atoms with Crippen molar-refractivity contribution < 1.29 is 13.7 Å². The van der Waals surface area contributed by atoms with Gasteiger partial charge in [-0.25, -0.2) is 9.07 Å². The summed E-state index contributed by atoms with van der Waals surface area (Å²) in [5.41, 5.74) is 2.34. The highest BCUT2D eigenvalue weighted by atomic mass is 19.1. The fourth-order valence-electron chi connectivity index (χ4n) is 3.48. The van der Waals surface area contributed by atoms with Gasteiger partial charge in [-0.3, -0.25) is 9.69 Å². The van der Waals surface area contributed by atoms with E-state index in [0.717, 1.165) is 24.5 Å². The highest BCUT2D eigenvalue weighted by molar-refractivity contribution is 5.95. The summed E-state index contributed by atoms with van der Waals surface area (Å²) in [4.78, 5) is 17.0. The summed E-state index contributed by atoms with van der Waals surface area (Å²) in [5, 5.41) is 8.14. The minimum Gasteiger partial charge on any atom is -0.360 e. The van der Waals surface area contributed by atoms with Gasteiger partial charge in [-0.2, -0.15) is 5.10 Å². The van der Waals surface area contributed by atoms with Gasteiger partial charge in [-0.05, 0) is 26.0 Å². The van der Waals surface area contributed by atoms with Gasteiger partial charge in [-0.1, -0.05) is 17.3 Å². The third kappa shape index (κ3) is 3.55. The molecule has 146 valence electrons. The zero-order valence-corrected chi connectivity index (χ0v) is 15.9. The van der Waals surface area contributed by atoms with Crippen molar-refractivity contribution in [3.8, 4) is 5.69 Å². The van der Waals surface area contributed by atoms with Crippen LogP contribution in [0.2, 0.25) is 0 Å². The first-order chi connectivity index (χ1) is 13.5. The van der Waals surface area contributed by atoms with Crippen molar-refractivity contribution in [2.24, 2.45) is 0 Å². The van der Waals surface area contributed by atoms with Crippen LogP contribution in [0.25, 0.3) is 5.69 Å². The minimum atomic E-state index is -0.371. The van der Waals surface area contributed by atoms with Crippen molar-refractivity contribution in [3.63, 3.8) is 0 Å². The van der Waals surface area contributed by atoms with Gasteiger partial charge in [0, 0.05) is 32.2 Å². The molecule has 3 heterocycles. The zero-order chi connectivity index (χ0) is 19.7. The number of piperazine rings is 1. The Bertz CT molecular complexity index is 988. The predicted octanol–water partition coefficient (Wildman–Crippen LogP) is 2.57. The number of nitrogens with zero attached hydrogens (tertiary/aromatic N) is 5. The molecule has 7 nitrogen and oxygen atoms in total. The normalized spacial score (nSPS) is 15.2. The number of aryl methyl sites for hydroxylation is 1. The Kier molecular flexibility index (Phi) is 4.95. The third-order valence-corrected chi connectivity index (χ3v) is 5.04. The average Bonchev–Trinajstić information content (AvgIpc) is 3.28. The molecule has 1 aliphatic heterocycles. The van der Waals surface area contributed by atoms with Crippen LogP contribution in [0, 0.1) is 19.7 Å². The van der Waals surface area contributed by atoms with Gasteiger partial charge in [-0.15, -0.1) is 0 Å². The topological polar surface area (TPSA) is 67.4 Å². The summed E-state index contributed by atoms with van der Waals surface area (Å²) in [6.45, 7) is 7.13. The van der Waals surface area contributed by atoms with Gasteiger partial charge in [0.1, 0.15) is 11.5 Å². The van der Waals surface area contributed by atoms with E-state index in [-0.39, 0.29) is 11.7 Å². The van der Waals surface area contributed by atoms with E-state index < -0.39 is 0 Å². The molecule has 0 bridgehead atoms. The largest absolute Gasteiger partial charge is 0.360 e. The van der Waals surface area contributed by atoms with Crippen molar-refractivity contribution in [2.75, 3.05) is 26.2 Å². The second-order valence-electron chi connectivity index (χ2n) is 7.01. The molecule has 1 aromatic carbocycles. The van der Waals surface area contributed by atoms with E-state index in [0.29, 0.717) is 36.6 Å². The SMILES string of the molecule is Cc1cc(CN2CCN(C(=O)c3cnn(-c4ccccc4F)c3C)CC2)on1. The minimum absolute atomic E-state index is 0.0738. The number of amides is 1. The van der Waals surface area contributed by atoms with Gasteiger partial charge < -0.3 is 9.42 Å². The fourth-order valence-corrected chi connectivity index (χ4v) is 3.48. The molecule has 0 atom stereocenters. The quantitative estimate of drug-likeness (QED) is 0.693. The van der Waals surface area contributed by atoms with Crippen molar-refractivity contribution >= 4 is 5.91 Å². The van der Waals surface area contributed by atoms with Crippen LogP contribution in [0.4, 0.5) is 4.39 Å². The number of benzene rings is 1. The molecule has 0 saturated carbocycles. The molecule has 1 aliphatic rings. The maximum absolute atomic E-state index is 14.1. The first-order valence-corrected chi connectivity index (χ1v) is 9.26. The zero-order valence-electron chi connectivity index (χ0n) is 15.9. The van der Waals surface area contributed by atoms with E-state index >= 15 is 0 Å². The molecule has 2 aromatic heterocycles. The molecule has 0 radical (unpaired) electrons. The molecule has 3 aromatic rings. The fraction of sp³-hybridized carbons (Fsp3) is 0.350. The van der Waals surface area contributed by atoms with Crippen molar-refractivity contribution in [2.45, 2.75) is 20.4 Å². The van der Waals surface area contributed by atoms with E-state index in [1.54, 1.807) is 25.1 Å². The molecule has 1 saturated heterocycles. The van der Waals surface area contributed by atoms with Crippen LogP contribution in [0.3, 0.4) is 0 Å². The van der Waals surface area contributed by atoms with Crippen LogP contribution in [-0.2, 0) is 6.54 Å². The molecule has 0 aliphatic carbocycles. The summed E-state index contributed by atoms with van der Waals surface area (Å²) in [6, 6.07) is 8.33. The highest BCUT2D eigenvalue weighted by Gasteiger charge is 2.26. The van der Waals surface area contributed by atoms with E-state index in [1.807, 2.05) is 17.9 Å². The smallest absolute Gasteiger partial charge is 0.257 e. The van der Waals surface area contributed by atoms with E-state index in [2.05, 4.69) is 15.2 Å². The molecule has 1 fully saturated rings. The number of rotatable bonds is 4. The first kappa shape index (κ1) is 18.4. The summed E-state index contributed by atoms with van der Waals surface area (Å²) >= 11 is 0. The molecule has 0 N–H and O–H groups in total. The Labute approximate surface area is 162 Å². The van der Waals surface area contributed by atoms with Gasteiger partial charge in [0.2, 0.25) is 0 Å². The number of carbonyl (C=O) groups is 1. The maximum atomic E-state index is 14.1. The van der Waals surface area contributed by atoms with E-state index in [1.165, 1.54) is 16.9 Å². The molecule has 1 amide bonds. The lowest BCUT2D eigenvalue weighted by Crippen LogP contribution is -2.48. The Morgan fingerprint density at radius 2 is 1.93 bits per heavy atom. The number of hydrogen-bond acceptors (Lipinski definition) is 5. The Morgan fingerprint density at radius 1 is 1.18 bits per heavy atom. The molecule has 28 heavy (non-hydrogen) atoms.